The maximum absolute atomic E-state index is 11.6. The molecule has 1 N–H and O–H groups in total. The number of esters is 1. The lowest BCUT2D eigenvalue weighted by atomic mass is 10.3. The molecule has 0 spiro atoms. The molecule has 0 aromatic carbocycles. The van der Waals surface area contributed by atoms with Crippen molar-refractivity contribution in [2.75, 3.05) is 25.6 Å². The third-order valence-electron chi connectivity index (χ3n) is 2.39. The van der Waals surface area contributed by atoms with Gasteiger partial charge in [-0.05, 0) is 31.9 Å². The number of nitrogens with one attached hydrogen (secondary N) is 1. The highest BCUT2D eigenvalue weighted by Gasteiger charge is 2.15. The number of carbonyl (C=O) groups is 2. The quantitative estimate of drug-likeness (QED) is 0.618. The summed E-state index contributed by atoms with van der Waals surface area (Å²) in [7, 11) is 1.60. The topological polar surface area (TPSA) is 64.6 Å². The van der Waals surface area contributed by atoms with Crippen molar-refractivity contribution in [3.8, 4) is 0 Å². The smallest absolute Gasteiger partial charge is 0.348 e. The maximum atomic E-state index is 11.6. The maximum Gasteiger partial charge on any atom is 0.348 e. The van der Waals surface area contributed by atoms with E-state index < -0.39 is 0 Å². The van der Waals surface area contributed by atoms with Gasteiger partial charge in [-0.1, -0.05) is 0 Å². The molecule has 0 aliphatic heterocycles. The molecule has 0 radical (unpaired) electrons. The van der Waals surface area contributed by atoms with Crippen LogP contribution in [0.4, 0.5) is 5.00 Å². The van der Waals surface area contributed by atoms with Gasteiger partial charge < -0.3 is 14.8 Å². The normalized spacial score (nSPS) is 10.3. The number of carbonyl (C=O) groups excluding carboxylic acids is 2. The fraction of sp³-hybridized carbons (Fsp3) is 0.538. The summed E-state index contributed by atoms with van der Waals surface area (Å²) in [5, 5.41) is 3.44. The summed E-state index contributed by atoms with van der Waals surface area (Å²) < 4.78 is 9.83. The average molecular weight is 285 g/mol. The summed E-state index contributed by atoms with van der Waals surface area (Å²) in [5.41, 5.74) is 0.815. The van der Waals surface area contributed by atoms with E-state index >= 15 is 0 Å². The molecule has 0 saturated carbocycles. The van der Waals surface area contributed by atoms with Crippen molar-refractivity contribution >= 4 is 28.2 Å². The van der Waals surface area contributed by atoms with E-state index in [1.807, 2.05) is 6.92 Å². The van der Waals surface area contributed by atoms with Gasteiger partial charge in [-0.15, -0.1) is 11.3 Å². The summed E-state index contributed by atoms with van der Waals surface area (Å²) in [5.74, 6) is -0.418. The molecule has 0 fully saturated rings. The fourth-order valence-corrected chi connectivity index (χ4v) is 2.50. The van der Waals surface area contributed by atoms with Crippen LogP contribution in [0.2, 0.25) is 0 Å². The molecule has 106 valence electrons. The lowest BCUT2D eigenvalue weighted by Gasteiger charge is -2.01. The van der Waals surface area contributed by atoms with Crippen LogP contribution in [0.5, 0.6) is 0 Å². The molecule has 19 heavy (non-hydrogen) atoms. The third-order valence-corrected chi connectivity index (χ3v) is 3.53. The first kappa shape index (κ1) is 15.7. The molecule has 1 aromatic heterocycles. The van der Waals surface area contributed by atoms with E-state index in [-0.39, 0.29) is 11.9 Å². The van der Waals surface area contributed by atoms with Crippen LogP contribution >= 0.6 is 11.3 Å². The van der Waals surface area contributed by atoms with Crippen LogP contribution < -0.4 is 5.32 Å². The van der Waals surface area contributed by atoms with Crippen LogP contribution in [0.1, 0.15) is 35.0 Å². The van der Waals surface area contributed by atoms with Crippen molar-refractivity contribution in [3.63, 3.8) is 0 Å². The Hall–Kier alpha value is -1.40. The Balaban J connectivity index is 2.58. The van der Waals surface area contributed by atoms with Gasteiger partial charge in [0.25, 0.3) is 0 Å². The van der Waals surface area contributed by atoms with E-state index in [9.17, 15) is 9.59 Å². The highest BCUT2D eigenvalue weighted by atomic mass is 32.1. The second kappa shape index (κ2) is 7.91. The number of anilines is 1. The molecule has 5 nitrogen and oxygen atoms in total. The van der Waals surface area contributed by atoms with Crippen LogP contribution in [0, 0.1) is 6.92 Å². The number of aryl methyl sites for hydroxylation is 1. The van der Waals surface area contributed by atoms with Crippen LogP contribution in [0.25, 0.3) is 0 Å². The number of methoxy groups -OCH3 is 1. The Morgan fingerprint density at radius 3 is 2.79 bits per heavy atom. The molecular formula is C13H19NO4S. The monoisotopic (exact) mass is 285 g/mol. The molecule has 0 aliphatic rings. The van der Waals surface area contributed by atoms with E-state index in [4.69, 9.17) is 9.47 Å². The van der Waals surface area contributed by atoms with E-state index in [1.54, 1.807) is 20.1 Å². The first-order chi connectivity index (χ1) is 9.08. The van der Waals surface area contributed by atoms with Gasteiger partial charge in [0.2, 0.25) is 5.91 Å². The second-order valence-electron chi connectivity index (χ2n) is 3.99. The van der Waals surface area contributed by atoms with Crippen molar-refractivity contribution < 1.29 is 19.1 Å². The zero-order valence-electron chi connectivity index (χ0n) is 11.4. The first-order valence-electron chi connectivity index (χ1n) is 6.14. The molecule has 0 aliphatic carbocycles. The van der Waals surface area contributed by atoms with Crippen molar-refractivity contribution in [1.29, 1.82) is 0 Å². The lowest BCUT2D eigenvalue weighted by molar-refractivity contribution is -0.116. The molecule has 0 bridgehead atoms. The highest BCUT2D eigenvalue weighted by molar-refractivity contribution is 7.18. The second-order valence-corrected chi connectivity index (χ2v) is 5.04. The minimum absolute atomic E-state index is 0.0753. The zero-order chi connectivity index (χ0) is 14.3. The summed E-state index contributed by atoms with van der Waals surface area (Å²) in [4.78, 5) is 23.8. The molecule has 6 heteroatoms. The summed E-state index contributed by atoms with van der Waals surface area (Å²) in [6.07, 6.45) is 1.08. The number of hydrogen-bond acceptors (Lipinski definition) is 5. The molecule has 0 saturated heterocycles. The average Bonchev–Trinajstić information content (AvgIpc) is 2.71. The van der Waals surface area contributed by atoms with E-state index in [2.05, 4.69) is 5.32 Å². The Kier molecular flexibility index (Phi) is 6.52. The largest absolute Gasteiger partial charge is 0.462 e. The van der Waals surface area contributed by atoms with Crippen LogP contribution in [-0.4, -0.2) is 32.2 Å². The molecule has 1 rings (SSSR count). The predicted molar refractivity (Wildman–Crippen MR) is 74.8 cm³/mol. The van der Waals surface area contributed by atoms with E-state index in [0.717, 1.165) is 5.56 Å². The summed E-state index contributed by atoms with van der Waals surface area (Å²) >= 11 is 1.24. The minimum Gasteiger partial charge on any atom is -0.462 e. The number of amides is 1. The predicted octanol–water partition coefficient (Wildman–Crippen LogP) is 2.60. The lowest BCUT2D eigenvalue weighted by Crippen LogP contribution is -2.10. The van der Waals surface area contributed by atoms with Gasteiger partial charge in [0.15, 0.2) is 0 Å². The molecule has 0 unspecified atom stereocenters. The van der Waals surface area contributed by atoms with Crippen LogP contribution in [0.3, 0.4) is 0 Å². The Labute approximate surface area is 116 Å². The fourth-order valence-electron chi connectivity index (χ4n) is 1.52. The van der Waals surface area contributed by atoms with Gasteiger partial charge in [0, 0.05) is 20.1 Å². The van der Waals surface area contributed by atoms with Gasteiger partial charge in [-0.25, -0.2) is 4.79 Å². The van der Waals surface area contributed by atoms with Crippen molar-refractivity contribution in [1.82, 2.24) is 0 Å². The van der Waals surface area contributed by atoms with Gasteiger partial charge >= 0.3 is 5.97 Å². The van der Waals surface area contributed by atoms with E-state index in [0.29, 0.717) is 35.9 Å². The Morgan fingerprint density at radius 1 is 1.42 bits per heavy atom. The van der Waals surface area contributed by atoms with Gasteiger partial charge in [-0.3, -0.25) is 4.79 Å². The van der Waals surface area contributed by atoms with Crippen LogP contribution in [0.15, 0.2) is 6.07 Å². The zero-order valence-corrected chi connectivity index (χ0v) is 12.3. The highest BCUT2D eigenvalue weighted by Crippen LogP contribution is 2.27. The summed E-state index contributed by atoms with van der Waals surface area (Å²) in [6, 6.07) is 1.78. The molecule has 1 amide bonds. The van der Waals surface area contributed by atoms with Crippen molar-refractivity contribution in [2.45, 2.75) is 26.7 Å². The number of thiophene rings is 1. The molecule has 1 aromatic rings. The van der Waals surface area contributed by atoms with Gasteiger partial charge in [0.1, 0.15) is 4.88 Å². The first-order valence-corrected chi connectivity index (χ1v) is 6.96. The van der Waals surface area contributed by atoms with Gasteiger partial charge in [-0.2, -0.15) is 0 Å². The molecule has 0 atom stereocenters. The number of ether oxygens (including phenoxy) is 2. The third kappa shape index (κ3) is 5.00. The Morgan fingerprint density at radius 2 is 2.16 bits per heavy atom. The minimum atomic E-state index is -0.343. The van der Waals surface area contributed by atoms with Crippen molar-refractivity contribution in [2.24, 2.45) is 0 Å². The number of rotatable bonds is 7. The molecule has 1 heterocycles. The standard InChI is InChI=1S/C13H19NO4S/c1-4-18-13(16)12-9(2)8-11(19-12)14-10(15)6-5-7-17-3/h8H,4-7H2,1-3H3,(H,14,15). The number of hydrogen-bond donors (Lipinski definition) is 1. The van der Waals surface area contributed by atoms with E-state index in [1.165, 1.54) is 11.3 Å². The Bertz CT molecular complexity index is 442. The van der Waals surface area contributed by atoms with Crippen molar-refractivity contribution in [3.05, 3.63) is 16.5 Å². The molecular weight excluding hydrogens is 266 g/mol. The van der Waals surface area contributed by atoms with Crippen LogP contribution in [-0.2, 0) is 14.3 Å². The van der Waals surface area contributed by atoms with Gasteiger partial charge in [0.05, 0.1) is 11.6 Å². The SMILES string of the molecule is CCOC(=O)c1sc(NC(=O)CCCOC)cc1C. The summed E-state index contributed by atoms with van der Waals surface area (Å²) in [6.45, 7) is 4.49.